The van der Waals surface area contributed by atoms with Gasteiger partial charge in [-0.2, -0.15) is 0 Å². The molecular weight excluding hydrogens is 560 g/mol. The fourth-order valence-corrected chi connectivity index (χ4v) is 6.34. The lowest BCUT2D eigenvalue weighted by molar-refractivity contribution is -0.172. The van der Waals surface area contributed by atoms with Crippen LogP contribution in [0.4, 0.5) is 10.5 Å². The van der Waals surface area contributed by atoms with E-state index in [9.17, 15) is 19.2 Å². The molecule has 2 aromatic carbocycles. The SMILES string of the molecule is COCOC[C@@]1(C=O)c2c(OCc3ccccc3)cc(C(=O)OC)cc2N2C[C@H]3[C@H](N3C(=O)OC(C)(C)C)C21OC(C)=O. The number of amides is 1. The van der Waals surface area contributed by atoms with E-state index in [0.29, 0.717) is 17.5 Å². The molecule has 0 saturated carbocycles. The second kappa shape index (κ2) is 11.2. The van der Waals surface area contributed by atoms with Crippen LogP contribution in [0.2, 0.25) is 0 Å². The molecule has 2 fully saturated rings. The molecule has 0 radical (unpaired) electrons. The molecule has 0 spiro atoms. The molecule has 230 valence electrons. The van der Waals surface area contributed by atoms with Gasteiger partial charge in [0, 0.05) is 31.8 Å². The predicted octanol–water partition coefficient (Wildman–Crippen LogP) is 3.19. The number of hydrogen-bond donors (Lipinski definition) is 0. The molecule has 1 unspecified atom stereocenters. The standard InChI is InChI=1S/C31H36N2O10/c1-19(35)42-31-26-23(33(26)28(37)43-29(2,3)4)14-32(31)22-12-21(27(36)39-6)13-24(41-15-20-10-8-7-9-11-20)25(22)30(31,16-34)17-40-18-38-5/h7-13,16,23,26H,14-15,17-18H2,1-6H3/t23-,26-,30-,31?,33?/m0/s1. The first kappa shape index (κ1) is 30.3. The normalized spacial score (nSPS) is 24.9. The highest BCUT2D eigenvalue weighted by Crippen LogP contribution is 2.65. The quantitative estimate of drug-likeness (QED) is 0.100. The molecule has 1 amide bonds. The molecule has 3 heterocycles. The number of esters is 2. The van der Waals surface area contributed by atoms with Gasteiger partial charge in [0.1, 0.15) is 42.5 Å². The van der Waals surface area contributed by atoms with Crippen LogP contribution in [0.3, 0.4) is 0 Å². The van der Waals surface area contributed by atoms with Crippen molar-refractivity contribution in [3.8, 4) is 5.75 Å². The van der Waals surface area contributed by atoms with Crippen molar-refractivity contribution in [3.63, 3.8) is 0 Å². The van der Waals surface area contributed by atoms with E-state index in [1.54, 1.807) is 31.7 Å². The largest absolute Gasteiger partial charge is 0.488 e. The molecule has 3 aliphatic heterocycles. The van der Waals surface area contributed by atoms with Crippen molar-refractivity contribution in [3.05, 3.63) is 59.2 Å². The lowest BCUT2D eigenvalue weighted by atomic mass is 9.73. The molecule has 0 N–H and O–H groups in total. The van der Waals surface area contributed by atoms with E-state index in [4.69, 9.17) is 28.4 Å². The smallest absolute Gasteiger partial charge is 0.411 e. The average molecular weight is 597 g/mol. The summed E-state index contributed by atoms with van der Waals surface area (Å²) in [7, 11) is 2.71. The third-order valence-electron chi connectivity index (χ3n) is 7.85. The van der Waals surface area contributed by atoms with E-state index in [2.05, 4.69) is 0 Å². The average Bonchev–Trinajstić information content (AvgIpc) is 3.53. The Morgan fingerprint density at radius 2 is 1.81 bits per heavy atom. The molecule has 12 nitrogen and oxygen atoms in total. The maximum absolute atomic E-state index is 13.6. The first-order chi connectivity index (χ1) is 20.4. The highest BCUT2D eigenvalue weighted by molar-refractivity contribution is 5.96. The van der Waals surface area contributed by atoms with Crippen molar-refractivity contribution in [1.82, 2.24) is 4.90 Å². The lowest BCUT2D eigenvalue weighted by Crippen LogP contribution is -2.66. The summed E-state index contributed by atoms with van der Waals surface area (Å²) >= 11 is 0. The van der Waals surface area contributed by atoms with Crippen LogP contribution in [0.1, 0.15) is 49.2 Å². The van der Waals surface area contributed by atoms with Crippen LogP contribution in [0.5, 0.6) is 5.75 Å². The molecule has 43 heavy (non-hydrogen) atoms. The Morgan fingerprint density at radius 1 is 1.09 bits per heavy atom. The summed E-state index contributed by atoms with van der Waals surface area (Å²) in [6.45, 7) is 6.35. The van der Waals surface area contributed by atoms with E-state index >= 15 is 0 Å². The van der Waals surface area contributed by atoms with Gasteiger partial charge in [0.2, 0.25) is 5.72 Å². The van der Waals surface area contributed by atoms with Crippen LogP contribution >= 0.6 is 0 Å². The van der Waals surface area contributed by atoms with Crippen molar-refractivity contribution in [2.75, 3.05) is 39.1 Å². The summed E-state index contributed by atoms with van der Waals surface area (Å²) in [6, 6.07) is 11.2. The van der Waals surface area contributed by atoms with Crippen LogP contribution in [-0.2, 0) is 45.3 Å². The van der Waals surface area contributed by atoms with Gasteiger partial charge in [0.05, 0.1) is 25.3 Å². The Bertz CT molecular complexity index is 1420. The number of hydrogen-bond acceptors (Lipinski definition) is 11. The van der Waals surface area contributed by atoms with Crippen LogP contribution in [-0.4, -0.2) is 86.8 Å². The number of carbonyl (C=O) groups is 4. The van der Waals surface area contributed by atoms with E-state index < -0.39 is 46.9 Å². The fourth-order valence-electron chi connectivity index (χ4n) is 6.34. The Morgan fingerprint density at radius 3 is 2.42 bits per heavy atom. The zero-order valence-electron chi connectivity index (χ0n) is 25.1. The Kier molecular flexibility index (Phi) is 7.86. The van der Waals surface area contributed by atoms with Gasteiger partial charge in [-0.15, -0.1) is 0 Å². The maximum atomic E-state index is 13.6. The zero-order valence-corrected chi connectivity index (χ0v) is 25.1. The van der Waals surface area contributed by atoms with Gasteiger partial charge in [0.15, 0.2) is 0 Å². The number of carbonyl (C=O) groups excluding carboxylic acids is 4. The van der Waals surface area contributed by atoms with E-state index in [1.807, 2.05) is 30.3 Å². The van der Waals surface area contributed by atoms with Crippen molar-refractivity contribution in [2.24, 2.45) is 0 Å². The van der Waals surface area contributed by atoms with Gasteiger partial charge < -0.3 is 38.1 Å². The molecule has 2 aromatic rings. The Hall–Kier alpha value is -4.16. The van der Waals surface area contributed by atoms with Crippen LogP contribution in [0.15, 0.2) is 42.5 Å². The number of ether oxygens (including phenoxy) is 6. The first-order valence-electron chi connectivity index (χ1n) is 13.9. The predicted molar refractivity (Wildman–Crippen MR) is 152 cm³/mol. The van der Waals surface area contributed by atoms with Gasteiger partial charge in [-0.05, 0) is 38.5 Å². The highest BCUT2D eigenvalue weighted by atomic mass is 16.7. The van der Waals surface area contributed by atoms with Crippen molar-refractivity contribution in [1.29, 1.82) is 0 Å². The number of anilines is 1. The minimum atomic E-state index is -1.74. The van der Waals surface area contributed by atoms with Gasteiger partial charge in [-0.3, -0.25) is 9.69 Å². The summed E-state index contributed by atoms with van der Waals surface area (Å²) < 4.78 is 34.1. The number of nitrogens with zero attached hydrogens (tertiary/aromatic N) is 2. The number of benzene rings is 2. The summed E-state index contributed by atoms with van der Waals surface area (Å²) in [5.41, 5.74) is -2.42. The van der Waals surface area contributed by atoms with Gasteiger partial charge in [-0.25, -0.2) is 9.59 Å². The summed E-state index contributed by atoms with van der Waals surface area (Å²) in [6.07, 6.45) is 0.0732. The maximum Gasteiger partial charge on any atom is 0.411 e. The molecule has 3 aliphatic rings. The number of piperazine rings is 1. The summed E-state index contributed by atoms with van der Waals surface area (Å²) in [5.74, 6) is -1.09. The summed E-state index contributed by atoms with van der Waals surface area (Å²) in [5, 5.41) is 0. The molecule has 0 aliphatic carbocycles. The minimum absolute atomic E-state index is 0.114. The molecule has 0 aromatic heterocycles. The van der Waals surface area contributed by atoms with Crippen LogP contribution in [0, 0.1) is 0 Å². The van der Waals surface area contributed by atoms with Crippen LogP contribution in [0.25, 0.3) is 0 Å². The first-order valence-corrected chi connectivity index (χ1v) is 13.9. The number of methoxy groups -OCH3 is 2. The van der Waals surface area contributed by atoms with E-state index in [-0.39, 0.29) is 37.9 Å². The molecule has 5 rings (SSSR count). The van der Waals surface area contributed by atoms with Crippen molar-refractivity contribution in [2.45, 2.75) is 63.1 Å². The van der Waals surface area contributed by atoms with Crippen molar-refractivity contribution >= 4 is 30.0 Å². The monoisotopic (exact) mass is 596 g/mol. The van der Waals surface area contributed by atoms with Gasteiger partial charge in [-0.1, -0.05) is 30.3 Å². The third-order valence-corrected chi connectivity index (χ3v) is 7.85. The Labute approximate surface area is 249 Å². The van der Waals surface area contributed by atoms with E-state index in [0.717, 1.165) is 5.56 Å². The number of fused-ring (bicyclic) bond motifs is 5. The fraction of sp³-hybridized carbons (Fsp3) is 0.484. The third kappa shape index (κ3) is 4.98. The second-order valence-corrected chi connectivity index (χ2v) is 11.8. The van der Waals surface area contributed by atoms with Gasteiger partial charge >= 0.3 is 18.0 Å². The molecular formula is C31H36N2O10. The zero-order chi connectivity index (χ0) is 31.2. The summed E-state index contributed by atoms with van der Waals surface area (Å²) in [4.78, 5) is 55.8. The Balaban J connectivity index is 1.70. The number of rotatable bonds is 10. The lowest BCUT2D eigenvalue weighted by Gasteiger charge is -2.44. The molecule has 2 saturated heterocycles. The van der Waals surface area contributed by atoms with Crippen molar-refractivity contribution < 1.29 is 47.6 Å². The second-order valence-electron chi connectivity index (χ2n) is 11.8. The van der Waals surface area contributed by atoms with Crippen LogP contribution < -0.4 is 9.64 Å². The highest BCUT2D eigenvalue weighted by Gasteiger charge is 2.83. The topological polar surface area (TPSA) is 130 Å². The molecule has 0 bridgehead atoms. The molecule has 4 atom stereocenters. The minimum Gasteiger partial charge on any atom is -0.488 e. The molecule has 12 heteroatoms. The number of aldehydes is 1. The van der Waals surface area contributed by atoms with Gasteiger partial charge in [0.25, 0.3) is 0 Å². The van der Waals surface area contributed by atoms with E-state index in [1.165, 1.54) is 32.1 Å².